The van der Waals surface area contributed by atoms with Gasteiger partial charge < -0.3 is 15.2 Å². The van der Waals surface area contributed by atoms with Gasteiger partial charge in [0.2, 0.25) is 5.91 Å². The molecule has 1 aliphatic rings. The Bertz CT molecular complexity index is 473. The van der Waals surface area contributed by atoms with Crippen LogP contribution < -0.4 is 5.32 Å². The van der Waals surface area contributed by atoms with Crippen molar-refractivity contribution in [3.63, 3.8) is 0 Å². The quantitative estimate of drug-likeness (QED) is 0.822. The number of hydrogen-bond donors (Lipinski definition) is 2. The van der Waals surface area contributed by atoms with Gasteiger partial charge in [-0.15, -0.1) is 0 Å². The number of aliphatic hydroxyl groups is 1. The molecule has 1 saturated heterocycles. The zero-order valence-electron chi connectivity index (χ0n) is 11.8. The van der Waals surface area contributed by atoms with Crippen molar-refractivity contribution in [1.29, 1.82) is 0 Å². The van der Waals surface area contributed by atoms with E-state index in [-0.39, 0.29) is 12.5 Å². The van der Waals surface area contributed by atoms with Crippen LogP contribution in [0.25, 0.3) is 6.08 Å². The number of hydrogen-bond acceptors (Lipinski definition) is 3. The monoisotopic (exact) mass is 275 g/mol. The molecule has 0 atom stereocenters. The first-order valence-corrected chi connectivity index (χ1v) is 6.90. The molecule has 2 N–H and O–H groups in total. The van der Waals surface area contributed by atoms with Crippen LogP contribution >= 0.6 is 0 Å². The van der Waals surface area contributed by atoms with Crippen molar-refractivity contribution < 1.29 is 14.6 Å². The Kier molecular flexibility index (Phi) is 4.93. The number of carbonyl (C=O) groups is 1. The average Bonchev–Trinajstić information content (AvgIpc) is 2.45. The molecule has 108 valence electrons. The van der Waals surface area contributed by atoms with Crippen molar-refractivity contribution >= 4 is 12.0 Å². The number of nitrogens with one attached hydrogen (secondary N) is 1. The maximum atomic E-state index is 11.7. The average molecular weight is 275 g/mol. The van der Waals surface area contributed by atoms with Gasteiger partial charge in [-0.25, -0.2) is 0 Å². The van der Waals surface area contributed by atoms with Gasteiger partial charge in [-0.3, -0.25) is 4.79 Å². The molecule has 4 nitrogen and oxygen atoms in total. The topological polar surface area (TPSA) is 58.6 Å². The van der Waals surface area contributed by atoms with E-state index >= 15 is 0 Å². The predicted octanol–water partition coefficient (Wildman–Crippen LogP) is 1.67. The fourth-order valence-corrected chi connectivity index (χ4v) is 2.09. The molecule has 1 heterocycles. The van der Waals surface area contributed by atoms with Crippen molar-refractivity contribution in [3.8, 4) is 0 Å². The van der Waals surface area contributed by atoms with Crippen molar-refractivity contribution in [1.82, 2.24) is 5.32 Å². The molecule has 1 fully saturated rings. The second-order valence-corrected chi connectivity index (χ2v) is 5.30. The SMILES string of the molecule is Cc1ccc(/C=C/C(=O)NCC2(O)CCOCC2)cc1. The number of amides is 1. The zero-order valence-corrected chi connectivity index (χ0v) is 11.8. The lowest BCUT2D eigenvalue weighted by Crippen LogP contribution is -2.46. The minimum absolute atomic E-state index is 0.189. The van der Waals surface area contributed by atoms with Crippen LogP contribution in [0.3, 0.4) is 0 Å². The second kappa shape index (κ2) is 6.68. The van der Waals surface area contributed by atoms with Crippen LogP contribution in [0.4, 0.5) is 0 Å². The van der Waals surface area contributed by atoms with E-state index in [4.69, 9.17) is 4.74 Å². The molecular weight excluding hydrogens is 254 g/mol. The molecule has 2 rings (SSSR count). The molecule has 1 amide bonds. The van der Waals surface area contributed by atoms with E-state index in [0.29, 0.717) is 26.1 Å². The molecule has 0 aliphatic carbocycles. The smallest absolute Gasteiger partial charge is 0.244 e. The number of benzene rings is 1. The van der Waals surface area contributed by atoms with Crippen molar-refractivity contribution in [3.05, 3.63) is 41.5 Å². The van der Waals surface area contributed by atoms with Gasteiger partial charge in [0.05, 0.1) is 5.60 Å². The summed E-state index contributed by atoms with van der Waals surface area (Å²) in [5.41, 5.74) is 1.34. The van der Waals surface area contributed by atoms with Crippen LogP contribution in [0.5, 0.6) is 0 Å². The molecule has 0 radical (unpaired) electrons. The van der Waals surface area contributed by atoms with E-state index in [2.05, 4.69) is 5.32 Å². The van der Waals surface area contributed by atoms with Gasteiger partial charge in [0.15, 0.2) is 0 Å². The number of aryl methyl sites for hydroxylation is 1. The fourth-order valence-electron chi connectivity index (χ4n) is 2.09. The maximum absolute atomic E-state index is 11.7. The lowest BCUT2D eigenvalue weighted by Gasteiger charge is -2.31. The molecule has 0 spiro atoms. The van der Waals surface area contributed by atoms with Crippen molar-refractivity contribution in [2.24, 2.45) is 0 Å². The molecule has 0 aromatic heterocycles. The Balaban J connectivity index is 1.81. The third-order valence-electron chi connectivity index (χ3n) is 3.52. The van der Waals surface area contributed by atoms with Gasteiger partial charge >= 0.3 is 0 Å². The summed E-state index contributed by atoms with van der Waals surface area (Å²) in [7, 11) is 0. The second-order valence-electron chi connectivity index (χ2n) is 5.30. The molecular formula is C16H21NO3. The van der Waals surface area contributed by atoms with E-state index in [1.165, 1.54) is 11.6 Å². The largest absolute Gasteiger partial charge is 0.388 e. The zero-order chi connectivity index (χ0) is 14.4. The summed E-state index contributed by atoms with van der Waals surface area (Å²) in [5, 5.41) is 13.0. The Morgan fingerprint density at radius 3 is 2.65 bits per heavy atom. The van der Waals surface area contributed by atoms with E-state index < -0.39 is 5.60 Å². The minimum atomic E-state index is -0.828. The highest BCUT2D eigenvalue weighted by Crippen LogP contribution is 2.19. The van der Waals surface area contributed by atoms with Crippen molar-refractivity contribution in [2.45, 2.75) is 25.4 Å². The summed E-state index contributed by atoms with van der Waals surface area (Å²) in [5.74, 6) is -0.189. The lowest BCUT2D eigenvalue weighted by atomic mass is 9.94. The summed E-state index contributed by atoms with van der Waals surface area (Å²) in [6.07, 6.45) is 4.39. The normalized spacial score (nSPS) is 18.1. The summed E-state index contributed by atoms with van der Waals surface area (Å²) in [6.45, 7) is 3.39. The molecule has 1 aliphatic heterocycles. The highest BCUT2D eigenvalue weighted by atomic mass is 16.5. The van der Waals surface area contributed by atoms with Crippen LogP contribution in [0.15, 0.2) is 30.3 Å². The Morgan fingerprint density at radius 2 is 2.00 bits per heavy atom. The Labute approximate surface area is 119 Å². The van der Waals surface area contributed by atoms with Gasteiger partial charge in [0.25, 0.3) is 0 Å². The molecule has 1 aromatic rings. The third kappa shape index (κ3) is 4.47. The molecule has 0 unspecified atom stereocenters. The molecule has 0 saturated carbocycles. The van der Waals surface area contributed by atoms with Gasteiger partial charge in [-0.2, -0.15) is 0 Å². The predicted molar refractivity (Wildman–Crippen MR) is 78.2 cm³/mol. The summed E-state index contributed by atoms with van der Waals surface area (Å²) in [6, 6.07) is 7.93. The van der Waals surface area contributed by atoms with Gasteiger partial charge in [-0.1, -0.05) is 29.8 Å². The van der Waals surface area contributed by atoms with Crippen molar-refractivity contribution in [2.75, 3.05) is 19.8 Å². The van der Waals surface area contributed by atoms with Gasteiger partial charge in [0.1, 0.15) is 0 Å². The minimum Gasteiger partial charge on any atom is -0.388 e. The van der Waals surface area contributed by atoms with Crippen LogP contribution in [-0.4, -0.2) is 36.4 Å². The molecule has 0 bridgehead atoms. The Morgan fingerprint density at radius 1 is 1.35 bits per heavy atom. The van der Waals surface area contributed by atoms with Crippen LogP contribution in [0, 0.1) is 6.92 Å². The van der Waals surface area contributed by atoms with E-state index in [9.17, 15) is 9.90 Å². The molecule has 20 heavy (non-hydrogen) atoms. The third-order valence-corrected chi connectivity index (χ3v) is 3.52. The Hall–Kier alpha value is -1.65. The number of rotatable bonds is 4. The molecule has 1 aromatic carbocycles. The lowest BCUT2D eigenvalue weighted by molar-refractivity contribution is -0.119. The number of ether oxygens (including phenoxy) is 1. The number of carbonyl (C=O) groups excluding carboxylic acids is 1. The summed E-state index contributed by atoms with van der Waals surface area (Å²) >= 11 is 0. The van der Waals surface area contributed by atoms with Gasteiger partial charge in [-0.05, 0) is 18.6 Å². The van der Waals surface area contributed by atoms with E-state index in [1.807, 2.05) is 31.2 Å². The van der Waals surface area contributed by atoms with E-state index in [0.717, 1.165) is 5.56 Å². The first-order chi connectivity index (χ1) is 9.57. The van der Waals surface area contributed by atoms with Crippen LogP contribution in [0.1, 0.15) is 24.0 Å². The first kappa shape index (κ1) is 14.8. The fraction of sp³-hybridized carbons (Fsp3) is 0.438. The van der Waals surface area contributed by atoms with E-state index in [1.54, 1.807) is 6.08 Å². The van der Waals surface area contributed by atoms with Crippen LogP contribution in [-0.2, 0) is 9.53 Å². The summed E-state index contributed by atoms with van der Waals surface area (Å²) < 4.78 is 5.20. The van der Waals surface area contributed by atoms with Crippen LogP contribution in [0.2, 0.25) is 0 Å². The molecule has 4 heteroatoms. The standard InChI is InChI=1S/C16H21NO3/c1-13-2-4-14(5-3-13)6-7-15(18)17-12-16(19)8-10-20-11-9-16/h2-7,19H,8-12H2,1H3,(H,17,18)/b7-6+. The highest BCUT2D eigenvalue weighted by Gasteiger charge is 2.29. The van der Waals surface area contributed by atoms with Gasteiger partial charge in [0, 0.05) is 38.7 Å². The maximum Gasteiger partial charge on any atom is 0.244 e. The first-order valence-electron chi connectivity index (χ1n) is 6.90. The summed E-state index contributed by atoms with van der Waals surface area (Å²) in [4.78, 5) is 11.7. The highest BCUT2D eigenvalue weighted by molar-refractivity contribution is 5.91.